The predicted molar refractivity (Wildman–Crippen MR) is 73.5 cm³/mol. The van der Waals surface area contributed by atoms with E-state index in [1.165, 1.54) is 18.3 Å². The van der Waals surface area contributed by atoms with Gasteiger partial charge in [0.2, 0.25) is 0 Å². The van der Waals surface area contributed by atoms with Gasteiger partial charge in [0.1, 0.15) is 5.69 Å². The normalized spacial score (nSPS) is 11.7. The van der Waals surface area contributed by atoms with Gasteiger partial charge in [0, 0.05) is 6.20 Å². The summed E-state index contributed by atoms with van der Waals surface area (Å²) < 4.78 is 0. The van der Waals surface area contributed by atoms with Crippen LogP contribution < -0.4 is 5.32 Å². The molecule has 2 N–H and O–H groups in total. The number of halogens is 1. The van der Waals surface area contributed by atoms with Crippen LogP contribution in [-0.2, 0) is 4.79 Å². The van der Waals surface area contributed by atoms with E-state index >= 15 is 0 Å². The van der Waals surface area contributed by atoms with Crippen LogP contribution in [0.3, 0.4) is 0 Å². The molecule has 2 aromatic rings. The van der Waals surface area contributed by atoms with E-state index in [0.717, 1.165) is 0 Å². The molecule has 1 heterocycles. The summed E-state index contributed by atoms with van der Waals surface area (Å²) >= 11 is 5.68. The van der Waals surface area contributed by atoms with Gasteiger partial charge in [0.05, 0.1) is 5.02 Å². The Labute approximate surface area is 120 Å². The molecule has 0 saturated heterocycles. The molecule has 0 bridgehead atoms. The number of carbonyl (C=O) groups is 2. The Morgan fingerprint density at radius 2 is 1.85 bits per heavy atom. The first-order valence-electron chi connectivity index (χ1n) is 5.78. The fourth-order valence-corrected chi connectivity index (χ4v) is 1.76. The minimum absolute atomic E-state index is 0.108. The zero-order valence-electron chi connectivity index (χ0n) is 10.3. The molecule has 0 fully saturated rings. The van der Waals surface area contributed by atoms with Gasteiger partial charge in [-0.25, -0.2) is 9.78 Å². The fourth-order valence-electron chi connectivity index (χ4n) is 1.65. The Balaban J connectivity index is 2.19. The first-order chi connectivity index (χ1) is 9.58. The lowest BCUT2D eigenvalue weighted by Crippen LogP contribution is -2.34. The predicted octanol–water partition coefficient (Wildman–Crippen LogP) is 2.29. The van der Waals surface area contributed by atoms with Crippen molar-refractivity contribution in [2.24, 2.45) is 0 Å². The van der Waals surface area contributed by atoms with E-state index in [1.54, 1.807) is 30.3 Å². The van der Waals surface area contributed by atoms with Crippen LogP contribution in [0.25, 0.3) is 0 Å². The van der Waals surface area contributed by atoms with Crippen LogP contribution in [0.4, 0.5) is 0 Å². The molecular formula is C14H11ClN2O3. The fraction of sp³-hybridized carbons (Fsp3) is 0.0714. The number of pyridine rings is 1. The van der Waals surface area contributed by atoms with Crippen LogP contribution in [-0.4, -0.2) is 22.0 Å². The van der Waals surface area contributed by atoms with Gasteiger partial charge in [0.25, 0.3) is 5.91 Å². The third-order valence-corrected chi connectivity index (χ3v) is 2.84. The van der Waals surface area contributed by atoms with Crippen molar-refractivity contribution < 1.29 is 14.7 Å². The Bertz CT molecular complexity index is 614. The van der Waals surface area contributed by atoms with E-state index in [1.807, 2.05) is 0 Å². The van der Waals surface area contributed by atoms with Crippen molar-refractivity contribution in [3.05, 3.63) is 64.9 Å². The molecule has 20 heavy (non-hydrogen) atoms. The topological polar surface area (TPSA) is 79.3 Å². The van der Waals surface area contributed by atoms with E-state index in [2.05, 4.69) is 10.3 Å². The van der Waals surface area contributed by atoms with Crippen molar-refractivity contribution >= 4 is 23.5 Å². The molecule has 1 amide bonds. The molecule has 5 nitrogen and oxygen atoms in total. The molecule has 0 aliphatic carbocycles. The van der Waals surface area contributed by atoms with Crippen LogP contribution in [0.5, 0.6) is 0 Å². The van der Waals surface area contributed by atoms with E-state index < -0.39 is 17.9 Å². The van der Waals surface area contributed by atoms with Gasteiger partial charge in [-0.05, 0) is 17.7 Å². The largest absolute Gasteiger partial charge is 0.479 e. The molecule has 0 radical (unpaired) electrons. The number of carboxylic acids is 1. The Morgan fingerprint density at radius 1 is 1.15 bits per heavy atom. The van der Waals surface area contributed by atoms with Crippen LogP contribution in [0.2, 0.25) is 5.02 Å². The maximum atomic E-state index is 12.0. The minimum Gasteiger partial charge on any atom is -0.479 e. The zero-order chi connectivity index (χ0) is 14.5. The SMILES string of the molecule is O=C(N[C@H](C(=O)O)c1ccccc1)c1ccc(Cl)cn1. The van der Waals surface area contributed by atoms with Crippen molar-refractivity contribution in [2.45, 2.75) is 6.04 Å². The number of aromatic nitrogens is 1. The highest BCUT2D eigenvalue weighted by molar-refractivity contribution is 6.30. The molecule has 2 rings (SSSR count). The van der Waals surface area contributed by atoms with Gasteiger partial charge < -0.3 is 10.4 Å². The lowest BCUT2D eigenvalue weighted by Gasteiger charge is -2.14. The van der Waals surface area contributed by atoms with Gasteiger partial charge >= 0.3 is 5.97 Å². The number of benzene rings is 1. The second-order valence-electron chi connectivity index (χ2n) is 4.02. The van der Waals surface area contributed by atoms with Crippen molar-refractivity contribution in [3.63, 3.8) is 0 Å². The molecule has 0 aliphatic heterocycles. The zero-order valence-corrected chi connectivity index (χ0v) is 11.0. The van der Waals surface area contributed by atoms with Gasteiger partial charge in [-0.3, -0.25) is 4.79 Å². The summed E-state index contributed by atoms with van der Waals surface area (Å²) in [5.41, 5.74) is 0.596. The average molecular weight is 291 g/mol. The third-order valence-electron chi connectivity index (χ3n) is 2.62. The Morgan fingerprint density at radius 3 is 2.40 bits per heavy atom. The number of nitrogens with zero attached hydrogens (tertiary/aromatic N) is 1. The van der Waals surface area contributed by atoms with Gasteiger partial charge in [0.15, 0.2) is 6.04 Å². The van der Waals surface area contributed by atoms with Gasteiger partial charge in [-0.1, -0.05) is 41.9 Å². The van der Waals surface area contributed by atoms with Crippen molar-refractivity contribution in [1.82, 2.24) is 10.3 Å². The Kier molecular flexibility index (Phi) is 4.32. The summed E-state index contributed by atoms with van der Waals surface area (Å²) in [6, 6.07) is 10.3. The standard InChI is InChI=1S/C14H11ClN2O3/c15-10-6-7-11(16-8-10)13(18)17-12(14(19)20)9-4-2-1-3-5-9/h1-8,12H,(H,17,18)(H,19,20)/t12-/m0/s1. The van der Waals surface area contributed by atoms with E-state index in [0.29, 0.717) is 10.6 Å². The summed E-state index contributed by atoms with van der Waals surface area (Å²) in [5, 5.41) is 12.0. The second kappa shape index (κ2) is 6.16. The van der Waals surface area contributed by atoms with E-state index in [4.69, 9.17) is 11.6 Å². The molecule has 1 atom stereocenters. The van der Waals surface area contributed by atoms with Gasteiger partial charge in [-0.15, -0.1) is 0 Å². The first-order valence-corrected chi connectivity index (χ1v) is 6.16. The van der Waals surface area contributed by atoms with Crippen molar-refractivity contribution in [2.75, 3.05) is 0 Å². The minimum atomic E-state index is -1.14. The maximum absolute atomic E-state index is 12.0. The number of rotatable bonds is 4. The maximum Gasteiger partial charge on any atom is 0.330 e. The molecule has 0 spiro atoms. The summed E-state index contributed by atoms with van der Waals surface area (Å²) in [6.07, 6.45) is 1.33. The summed E-state index contributed by atoms with van der Waals surface area (Å²) in [7, 11) is 0. The van der Waals surface area contributed by atoms with Crippen LogP contribution >= 0.6 is 11.6 Å². The smallest absolute Gasteiger partial charge is 0.330 e. The highest BCUT2D eigenvalue weighted by atomic mass is 35.5. The molecule has 1 aromatic heterocycles. The lowest BCUT2D eigenvalue weighted by atomic mass is 10.1. The number of amides is 1. The summed E-state index contributed by atoms with van der Waals surface area (Å²) in [4.78, 5) is 27.1. The number of carbonyl (C=O) groups excluding carboxylic acids is 1. The summed E-state index contributed by atoms with van der Waals surface area (Å²) in [6.45, 7) is 0. The summed E-state index contributed by atoms with van der Waals surface area (Å²) in [5.74, 6) is -1.71. The molecule has 0 saturated carbocycles. The second-order valence-corrected chi connectivity index (χ2v) is 4.45. The monoisotopic (exact) mass is 290 g/mol. The number of hydrogen-bond donors (Lipinski definition) is 2. The average Bonchev–Trinajstić information content (AvgIpc) is 2.46. The number of aliphatic carboxylic acids is 1. The van der Waals surface area contributed by atoms with E-state index in [-0.39, 0.29) is 5.69 Å². The van der Waals surface area contributed by atoms with Crippen LogP contribution in [0.1, 0.15) is 22.1 Å². The first kappa shape index (κ1) is 14.0. The van der Waals surface area contributed by atoms with E-state index in [9.17, 15) is 14.7 Å². The third kappa shape index (κ3) is 3.33. The lowest BCUT2D eigenvalue weighted by molar-refractivity contribution is -0.139. The molecule has 0 unspecified atom stereocenters. The van der Waals surface area contributed by atoms with Gasteiger partial charge in [-0.2, -0.15) is 0 Å². The quantitative estimate of drug-likeness (QED) is 0.905. The Hall–Kier alpha value is -2.40. The molecule has 0 aliphatic rings. The molecule has 6 heteroatoms. The molecular weight excluding hydrogens is 280 g/mol. The number of hydrogen-bond acceptors (Lipinski definition) is 3. The number of nitrogens with one attached hydrogen (secondary N) is 1. The van der Waals surface area contributed by atoms with Crippen molar-refractivity contribution in [1.29, 1.82) is 0 Å². The van der Waals surface area contributed by atoms with Crippen LogP contribution in [0, 0.1) is 0 Å². The van der Waals surface area contributed by atoms with Crippen LogP contribution in [0.15, 0.2) is 48.7 Å². The highest BCUT2D eigenvalue weighted by Gasteiger charge is 2.22. The molecule has 102 valence electrons. The van der Waals surface area contributed by atoms with Crippen molar-refractivity contribution in [3.8, 4) is 0 Å². The highest BCUT2D eigenvalue weighted by Crippen LogP contribution is 2.14. The number of carboxylic acid groups (broad SMARTS) is 1. The molecule has 1 aromatic carbocycles.